The lowest BCUT2D eigenvalue weighted by atomic mass is 9.99. The van der Waals surface area contributed by atoms with Crippen molar-refractivity contribution in [3.63, 3.8) is 0 Å². The number of halogens is 2. The van der Waals surface area contributed by atoms with Crippen LogP contribution < -0.4 is 10.6 Å². The summed E-state index contributed by atoms with van der Waals surface area (Å²) >= 11 is 0. The highest BCUT2D eigenvalue weighted by Gasteiger charge is 2.28. The van der Waals surface area contributed by atoms with Crippen molar-refractivity contribution in [1.82, 2.24) is 0 Å². The van der Waals surface area contributed by atoms with Crippen molar-refractivity contribution in [2.24, 2.45) is 0 Å². The number of anilines is 2. The normalized spacial score (nSPS) is 15.0. The summed E-state index contributed by atoms with van der Waals surface area (Å²) in [6, 6.07) is 16.8. The molecular formula is C30H34F2N3O4+. The molecule has 3 aromatic rings. The van der Waals surface area contributed by atoms with Gasteiger partial charge in [-0.05, 0) is 35.7 Å². The minimum absolute atomic E-state index is 0.0302. The number of ether oxygens (including phenoxy) is 1. The van der Waals surface area contributed by atoms with E-state index in [0.29, 0.717) is 12.1 Å². The molecule has 1 fully saturated rings. The molecule has 0 radical (unpaired) electrons. The van der Waals surface area contributed by atoms with Gasteiger partial charge in [0.15, 0.2) is 0 Å². The minimum Gasteiger partial charge on any atom is -0.446 e. The first-order valence-electron chi connectivity index (χ1n) is 13.0. The van der Waals surface area contributed by atoms with Gasteiger partial charge >= 0.3 is 6.09 Å². The maximum atomic E-state index is 14.2. The Morgan fingerprint density at radius 1 is 0.949 bits per heavy atom. The van der Waals surface area contributed by atoms with E-state index in [1.165, 1.54) is 0 Å². The van der Waals surface area contributed by atoms with Crippen LogP contribution in [-0.2, 0) is 22.6 Å². The number of carbonyl (C=O) groups is 2. The average molecular weight is 539 g/mol. The maximum absolute atomic E-state index is 14.2. The van der Waals surface area contributed by atoms with Crippen LogP contribution in [0.2, 0.25) is 0 Å². The number of nitrogens with one attached hydrogen (secondary N) is 2. The number of carbonyl (C=O) groups excluding carboxylic acids is 2. The summed E-state index contributed by atoms with van der Waals surface area (Å²) in [6.45, 7) is 1.26. The molecule has 7 nitrogen and oxygen atoms in total. The summed E-state index contributed by atoms with van der Waals surface area (Å²) in [6.07, 6.45) is 1.38. The molecule has 1 aliphatic rings. The summed E-state index contributed by atoms with van der Waals surface area (Å²) in [5.74, 6) is -2.10. The number of rotatable bonds is 8. The van der Waals surface area contributed by atoms with Crippen LogP contribution in [-0.4, -0.2) is 54.9 Å². The van der Waals surface area contributed by atoms with E-state index < -0.39 is 30.2 Å². The molecule has 0 aromatic heterocycles. The number of nitrogens with zero attached hydrogens (tertiary/aromatic N) is 1. The summed E-state index contributed by atoms with van der Waals surface area (Å²) in [5.41, 5.74) is 2.62. The molecule has 3 N–H and O–H groups in total. The smallest absolute Gasteiger partial charge is 0.411 e. The monoisotopic (exact) mass is 538 g/mol. The van der Waals surface area contributed by atoms with Crippen molar-refractivity contribution in [2.45, 2.75) is 38.4 Å². The molecule has 0 aliphatic carbocycles. The second kappa shape index (κ2) is 12.4. The van der Waals surface area contributed by atoms with Gasteiger partial charge in [0.05, 0.1) is 45.2 Å². The summed E-state index contributed by atoms with van der Waals surface area (Å²) in [7, 11) is 4.34. The first-order valence-corrected chi connectivity index (χ1v) is 13.0. The van der Waals surface area contributed by atoms with Crippen molar-refractivity contribution in [3.05, 3.63) is 83.4 Å². The van der Waals surface area contributed by atoms with Gasteiger partial charge in [0.25, 0.3) is 0 Å². The number of aliphatic hydroxyl groups is 1. The molecule has 9 heteroatoms. The second-order valence-electron chi connectivity index (χ2n) is 10.5. The van der Waals surface area contributed by atoms with E-state index in [4.69, 9.17) is 9.84 Å². The fraction of sp³-hybridized carbons (Fsp3) is 0.333. The largest absolute Gasteiger partial charge is 0.446 e. The molecule has 0 atom stereocenters. The molecule has 1 saturated heterocycles. The standard InChI is InChI=1S/C30H33F2N3O4/c1-35(2)14-12-23(13-15-35)39-30(38)34-27-10-8-20(16-24(27)21-6-4-3-5-7-21)9-11-29(37)33-28-18-25(31)22(19-36)17-26(28)32/h3-8,10,16-18,23,36H,9,11-15,19H2,1-2H3,(H-,33,34,37,38)/p+1. The molecule has 0 unspecified atom stereocenters. The number of hydrogen-bond donors (Lipinski definition) is 3. The Morgan fingerprint density at radius 2 is 1.67 bits per heavy atom. The van der Waals surface area contributed by atoms with Gasteiger partial charge in [0.1, 0.15) is 17.7 Å². The molecule has 1 aliphatic heterocycles. The Bertz CT molecular complexity index is 1320. The number of piperidine rings is 1. The second-order valence-corrected chi connectivity index (χ2v) is 10.5. The quantitative estimate of drug-likeness (QED) is 0.332. The number of aliphatic hydroxyl groups excluding tert-OH is 1. The molecular weight excluding hydrogens is 504 g/mol. The number of amides is 2. The number of aryl methyl sites for hydroxylation is 1. The van der Waals surface area contributed by atoms with Crippen LogP contribution >= 0.6 is 0 Å². The third-order valence-electron chi connectivity index (χ3n) is 7.01. The zero-order valence-electron chi connectivity index (χ0n) is 22.2. The lowest BCUT2D eigenvalue weighted by molar-refractivity contribution is -0.896. The Hall–Kier alpha value is -3.82. The molecule has 4 rings (SSSR count). The van der Waals surface area contributed by atoms with Crippen molar-refractivity contribution in [3.8, 4) is 11.1 Å². The zero-order valence-corrected chi connectivity index (χ0v) is 22.2. The van der Waals surface area contributed by atoms with E-state index in [1.54, 1.807) is 6.07 Å². The molecule has 0 bridgehead atoms. The van der Waals surface area contributed by atoms with Crippen LogP contribution in [0.25, 0.3) is 11.1 Å². The van der Waals surface area contributed by atoms with Gasteiger partial charge < -0.3 is 19.6 Å². The topological polar surface area (TPSA) is 87.7 Å². The van der Waals surface area contributed by atoms with Gasteiger partial charge in [-0.1, -0.05) is 36.4 Å². The van der Waals surface area contributed by atoms with Crippen LogP contribution in [0.5, 0.6) is 0 Å². The van der Waals surface area contributed by atoms with Crippen LogP contribution in [0.4, 0.5) is 25.0 Å². The molecule has 39 heavy (non-hydrogen) atoms. The van der Waals surface area contributed by atoms with Crippen molar-refractivity contribution >= 4 is 23.4 Å². The van der Waals surface area contributed by atoms with Gasteiger partial charge in [-0.15, -0.1) is 0 Å². The van der Waals surface area contributed by atoms with Gasteiger partial charge in [-0.2, -0.15) is 0 Å². The summed E-state index contributed by atoms with van der Waals surface area (Å²) < 4.78 is 34.7. The van der Waals surface area contributed by atoms with Crippen LogP contribution in [0.15, 0.2) is 60.7 Å². The van der Waals surface area contributed by atoms with Crippen molar-refractivity contribution < 1.29 is 32.7 Å². The van der Waals surface area contributed by atoms with Gasteiger partial charge in [0, 0.05) is 36.5 Å². The Morgan fingerprint density at radius 3 is 2.36 bits per heavy atom. The fourth-order valence-electron chi connectivity index (χ4n) is 4.64. The van der Waals surface area contributed by atoms with E-state index in [-0.39, 0.29) is 23.8 Å². The van der Waals surface area contributed by atoms with Crippen LogP contribution in [0.3, 0.4) is 0 Å². The molecule has 206 valence electrons. The highest BCUT2D eigenvalue weighted by atomic mass is 19.1. The predicted molar refractivity (Wildman–Crippen MR) is 146 cm³/mol. The summed E-state index contributed by atoms with van der Waals surface area (Å²) in [4.78, 5) is 25.2. The van der Waals surface area contributed by atoms with Crippen LogP contribution in [0.1, 0.15) is 30.4 Å². The molecule has 2 amide bonds. The Kier molecular flexibility index (Phi) is 8.93. The third kappa shape index (κ3) is 7.61. The molecule has 0 spiro atoms. The number of likely N-dealkylation sites (tertiary alicyclic amines) is 1. The SMILES string of the molecule is C[N+]1(C)CCC(OC(=O)Nc2ccc(CCC(=O)Nc3cc(F)c(CO)cc3F)cc2-c2ccccc2)CC1. The molecule has 0 saturated carbocycles. The van der Waals surface area contributed by atoms with Crippen molar-refractivity contribution in [1.29, 1.82) is 0 Å². The van der Waals surface area contributed by atoms with Crippen molar-refractivity contribution in [2.75, 3.05) is 37.8 Å². The Labute approximate surface area is 227 Å². The number of benzene rings is 3. The van der Waals surface area contributed by atoms with E-state index in [2.05, 4.69) is 24.7 Å². The van der Waals surface area contributed by atoms with Gasteiger partial charge in [-0.25, -0.2) is 13.6 Å². The lowest BCUT2D eigenvalue weighted by Gasteiger charge is -2.36. The van der Waals surface area contributed by atoms with Gasteiger partial charge in [0.2, 0.25) is 5.91 Å². The van der Waals surface area contributed by atoms with E-state index in [9.17, 15) is 18.4 Å². The predicted octanol–water partition coefficient (Wildman–Crippen LogP) is 5.48. The molecule has 3 aromatic carbocycles. The van der Waals surface area contributed by atoms with E-state index in [1.807, 2.05) is 42.5 Å². The lowest BCUT2D eigenvalue weighted by Crippen LogP contribution is -2.48. The highest BCUT2D eigenvalue weighted by Crippen LogP contribution is 2.30. The average Bonchev–Trinajstić information content (AvgIpc) is 2.91. The maximum Gasteiger partial charge on any atom is 0.411 e. The van der Waals surface area contributed by atoms with E-state index >= 15 is 0 Å². The Balaban J connectivity index is 1.43. The number of quaternary nitrogens is 1. The number of hydrogen-bond acceptors (Lipinski definition) is 4. The van der Waals surface area contributed by atoms with Gasteiger partial charge in [-0.3, -0.25) is 10.1 Å². The van der Waals surface area contributed by atoms with E-state index in [0.717, 1.165) is 59.2 Å². The van der Waals surface area contributed by atoms with Crippen LogP contribution in [0, 0.1) is 11.6 Å². The molecule has 1 heterocycles. The highest BCUT2D eigenvalue weighted by molar-refractivity contribution is 5.92. The first kappa shape index (κ1) is 28.2. The minimum atomic E-state index is -0.821. The third-order valence-corrected chi connectivity index (χ3v) is 7.01. The first-order chi connectivity index (χ1) is 18.6. The summed E-state index contributed by atoms with van der Waals surface area (Å²) in [5, 5.41) is 14.3. The zero-order chi connectivity index (χ0) is 28.0. The fourth-order valence-corrected chi connectivity index (χ4v) is 4.64.